The van der Waals surface area contributed by atoms with Crippen molar-refractivity contribution in [3.8, 4) is 0 Å². The molecule has 0 fully saturated rings. The van der Waals surface area contributed by atoms with Gasteiger partial charge in [-0.05, 0) is 47.7 Å². The van der Waals surface area contributed by atoms with E-state index in [1.807, 2.05) is 12.1 Å². The van der Waals surface area contributed by atoms with Crippen LogP contribution < -0.4 is 10.6 Å². The van der Waals surface area contributed by atoms with Gasteiger partial charge in [-0.2, -0.15) is 0 Å². The van der Waals surface area contributed by atoms with Crippen molar-refractivity contribution in [3.05, 3.63) is 65.0 Å². The summed E-state index contributed by atoms with van der Waals surface area (Å²) in [5, 5.41) is 5.21. The van der Waals surface area contributed by atoms with Crippen LogP contribution in [0.3, 0.4) is 0 Å². The molecular weight excluding hydrogens is 331 g/mol. The molecule has 0 bridgehead atoms. The van der Waals surface area contributed by atoms with Gasteiger partial charge in [0.25, 0.3) is 5.91 Å². The molecule has 4 nitrogen and oxygen atoms in total. The average molecular weight is 356 g/mol. The molecule has 0 aromatic heterocycles. The third-order valence-electron chi connectivity index (χ3n) is 4.05. The minimum Gasteiger partial charge on any atom is -0.352 e. The van der Waals surface area contributed by atoms with E-state index < -0.39 is 5.82 Å². The van der Waals surface area contributed by atoms with Crippen LogP contribution in [0.15, 0.2) is 42.5 Å². The van der Waals surface area contributed by atoms with Crippen LogP contribution in [-0.2, 0) is 10.2 Å². The normalized spacial score (nSPS) is 11.1. The molecule has 0 saturated carbocycles. The second kappa shape index (κ2) is 8.13. The molecule has 0 spiro atoms. The zero-order valence-corrected chi connectivity index (χ0v) is 15.7. The topological polar surface area (TPSA) is 58.2 Å². The number of amides is 2. The van der Waals surface area contributed by atoms with Gasteiger partial charge in [-0.25, -0.2) is 4.39 Å². The van der Waals surface area contributed by atoms with E-state index in [-0.39, 0.29) is 35.9 Å². The van der Waals surface area contributed by atoms with E-state index in [0.717, 1.165) is 11.1 Å². The van der Waals surface area contributed by atoms with E-state index >= 15 is 0 Å². The Bertz CT molecular complexity index is 793. The van der Waals surface area contributed by atoms with Gasteiger partial charge in [0.2, 0.25) is 5.91 Å². The standard InChI is InChI=1S/C21H25FN2O2/c1-14-5-10-18(17(22)13-14)24-19(25)11-12-23-20(26)15-6-8-16(9-7-15)21(2,3)4/h5-10,13H,11-12H2,1-4H3,(H,23,26)(H,24,25). The highest BCUT2D eigenvalue weighted by molar-refractivity contribution is 5.95. The van der Waals surface area contributed by atoms with Crippen molar-refractivity contribution in [2.24, 2.45) is 0 Å². The summed E-state index contributed by atoms with van der Waals surface area (Å²) < 4.78 is 13.7. The largest absolute Gasteiger partial charge is 0.352 e. The number of carbonyl (C=O) groups excluding carboxylic acids is 2. The number of rotatable bonds is 5. The summed E-state index contributed by atoms with van der Waals surface area (Å²) in [5.74, 6) is -1.06. The fourth-order valence-corrected chi connectivity index (χ4v) is 2.45. The van der Waals surface area contributed by atoms with E-state index in [4.69, 9.17) is 0 Å². The van der Waals surface area contributed by atoms with Gasteiger partial charge in [0.05, 0.1) is 5.69 Å². The van der Waals surface area contributed by atoms with Crippen LogP contribution in [0.4, 0.5) is 10.1 Å². The van der Waals surface area contributed by atoms with Gasteiger partial charge in [0, 0.05) is 18.5 Å². The molecule has 0 saturated heterocycles. The molecule has 2 aromatic carbocycles. The average Bonchev–Trinajstić information content (AvgIpc) is 2.56. The maximum Gasteiger partial charge on any atom is 0.251 e. The van der Waals surface area contributed by atoms with Crippen LogP contribution in [0.1, 0.15) is 48.7 Å². The molecule has 26 heavy (non-hydrogen) atoms. The molecule has 0 aliphatic carbocycles. The molecule has 2 amide bonds. The van der Waals surface area contributed by atoms with Crippen LogP contribution in [-0.4, -0.2) is 18.4 Å². The van der Waals surface area contributed by atoms with Crippen molar-refractivity contribution >= 4 is 17.5 Å². The lowest BCUT2D eigenvalue weighted by Gasteiger charge is -2.19. The number of halogens is 1. The maximum atomic E-state index is 13.7. The second-order valence-electron chi connectivity index (χ2n) is 7.36. The number of hydrogen-bond acceptors (Lipinski definition) is 2. The first-order valence-corrected chi connectivity index (χ1v) is 8.61. The predicted molar refractivity (Wildman–Crippen MR) is 102 cm³/mol. The zero-order chi connectivity index (χ0) is 19.3. The van der Waals surface area contributed by atoms with Crippen molar-refractivity contribution in [3.63, 3.8) is 0 Å². The first-order valence-electron chi connectivity index (χ1n) is 8.61. The van der Waals surface area contributed by atoms with E-state index in [1.54, 1.807) is 25.1 Å². The first kappa shape index (κ1) is 19.6. The summed E-state index contributed by atoms with van der Waals surface area (Å²) in [4.78, 5) is 24.0. The fraction of sp³-hybridized carbons (Fsp3) is 0.333. The number of benzene rings is 2. The second-order valence-corrected chi connectivity index (χ2v) is 7.36. The lowest BCUT2D eigenvalue weighted by atomic mass is 9.87. The van der Waals surface area contributed by atoms with Crippen molar-refractivity contribution < 1.29 is 14.0 Å². The van der Waals surface area contributed by atoms with Gasteiger partial charge >= 0.3 is 0 Å². The molecular formula is C21H25FN2O2. The van der Waals surface area contributed by atoms with Crippen LogP contribution >= 0.6 is 0 Å². The van der Waals surface area contributed by atoms with E-state index in [9.17, 15) is 14.0 Å². The molecule has 0 unspecified atom stereocenters. The summed E-state index contributed by atoms with van der Waals surface area (Å²) in [7, 11) is 0. The summed E-state index contributed by atoms with van der Waals surface area (Å²) in [6.45, 7) is 8.28. The molecule has 0 atom stereocenters. The summed E-state index contributed by atoms with van der Waals surface area (Å²) >= 11 is 0. The van der Waals surface area contributed by atoms with Crippen molar-refractivity contribution in [2.75, 3.05) is 11.9 Å². The molecule has 2 aromatic rings. The minimum atomic E-state index is -0.471. The highest BCUT2D eigenvalue weighted by Crippen LogP contribution is 2.22. The van der Waals surface area contributed by atoms with Crippen LogP contribution in [0.5, 0.6) is 0 Å². The fourth-order valence-electron chi connectivity index (χ4n) is 2.45. The van der Waals surface area contributed by atoms with E-state index in [1.165, 1.54) is 12.1 Å². The van der Waals surface area contributed by atoms with Gasteiger partial charge in [-0.1, -0.05) is 39.0 Å². The monoisotopic (exact) mass is 356 g/mol. The Morgan fingerprint density at radius 3 is 2.27 bits per heavy atom. The Morgan fingerprint density at radius 2 is 1.69 bits per heavy atom. The number of nitrogens with one attached hydrogen (secondary N) is 2. The third-order valence-corrected chi connectivity index (χ3v) is 4.05. The van der Waals surface area contributed by atoms with Gasteiger partial charge in [0.1, 0.15) is 5.82 Å². The minimum absolute atomic E-state index is 0.0261. The zero-order valence-electron chi connectivity index (χ0n) is 15.7. The van der Waals surface area contributed by atoms with Gasteiger partial charge in [-0.15, -0.1) is 0 Å². The van der Waals surface area contributed by atoms with Gasteiger partial charge < -0.3 is 10.6 Å². The summed E-state index contributed by atoms with van der Waals surface area (Å²) in [6.07, 6.45) is 0.0686. The molecule has 2 rings (SSSR count). The number of carbonyl (C=O) groups is 2. The number of hydrogen-bond donors (Lipinski definition) is 2. The van der Waals surface area contributed by atoms with E-state index in [2.05, 4.69) is 31.4 Å². The smallest absolute Gasteiger partial charge is 0.251 e. The number of aryl methyl sites for hydroxylation is 1. The lowest BCUT2D eigenvalue weighted by molar-refractivity contribution is -0.116. The van der Waals surface area contributed by atoms with Crippen molar-refractivity contribution in [1.82, 2.24) is 5.32 Å². The van der Waals surface area contributed by atoms with E-state index in [0.29, 0.717) is 5.56 Å². The van der Waals surface area contributed by atoms with Crippen molar-refractivity contribution in [2.45, 2.75) is 39.5 Å². The van der Waals surface area contributed by atoms with Gasteiger partial charge in [-0.3, -0.25) is 9.59 Å². The molecule has 138 valence electrons. The first-order chi connectivity index (χ1) is 12.2. The van der Waals surface area contributed by atoms with Gasteiger partial charge in [0.15, 0.2) is 0 Å². The van der Waals surface area contributed by atoms with Crippen LogP contribution in [0, 0.1) is 12.7 Å². The lowest BCUT2D eigenvalue weighted by Crippen LogP contribution is -2.27. The SMILES string of the molecule is Cc1ccc(NC(=O)CCNC(=O)c2ccc(C(C)(C)C)cc2)c(F)c1. The Labute approximate surface area is 153 Å². The Kier molecular flexibility index (Phi) is 6.14. The Morgan fingerprint density at radius 1 is 1.04 bits per heavy atom. The molecule has 5 heteroatoms. The predicted octanol–water partition coefficient (Wildman–Crippen LogP) is 4.19. The molecule has 0 heterocycles. The third kappa shape index (κ3) is 5.41. The Hall–Kier alpha value is -2.69. The summed E-state index contributed by atoms with van der Waals surface area (Å²) in [5.41, 5.74) is 2.64. The number of anilines is 1. The molecule has 0 aliphatic heterocycles. The molecule has 2 N–H and O–H groups in total. The Balaban J connectivity index is 1.83. The van der Waals surface area contributed by atoms with Crippen LogP contribution in [0.2, 0.25) is 0 Å². The highest BCUT2D eigenvalue weighted by Gasteiger charge is 2.14. The quantitative estimate of drug-likeness (QED) is 0.844. The maximum absolute atomic E-state index is 13.7. The van der Waals surface area contributed by atoms with Crippen molar-refractivity contribution in [1.29, 1.82) is 0 Å². The molecule has 0 radical (unpaired) electrons. The molecule has 0 aliphatic rings. The highest BCUT2D eigenvalue weighted by atomic mass is 19.1. The van der Waals surface area contributed by atoms with Crippen LogP contribution in [0.25, 0.3) is 0 Å². The summed E-state index contributed by atoms with van der Waals surface area (Å²) in [6, 6.07) is 12.0.